The maximum atomic E-state index is 11.8. The molecule has 4 nitrogen and oxygen atoms in total. The van der Waals surface area contributed by atoms with Crippen LogP contribution in [0.25, 0.3) is 0 Å². The van der Waals surface area contributed by atoms with E-state index < -0.39 is 0 Å². The van der Waals surface area contributed by atoms with E-state index in [4.69, 9.17) is 10.5 Å². The van der Waals surface area contributed by atoms with Crippen molar-refractivity contribution in [3.63, 3.8) is 0 Å². The number of benzene rings is 1. The summed E-state index contributed by atoms with van der Waals surface area (Å²) in [6, 6.07) is 7.18. The number of aromatic nitrogens is 1. The molecule has 0 unspecified atom stereocenters. The highest BCUT2D eigenvalue weighted by Crippen LogP contribution is 2.30. The summed E-state index contributed by atoms with van der Waals surface area (Å²) in [4.78, 5) is 14.6. The predicted octanol–water partition coefficient (Wildman–Crippen LogP) is 3.22. The number of hydrogen-bond donors (Lipinski definition) is 2. The highest BCUT2D eigenvalue weighted by molar-refractivity contribution is 14.1. The molecule has 3 N–H and O–H groups in total. The van der Waals surface area contributed by atoms with E-state index in [1.165, 1.54) is 0 Å². The Morgan fingerprint density at radius 3 is 2.79 bits per heavy atom. The summed E-state index contributed by atoms with van der Waals surface area (Å²) < 4.78 is 6.42. The van der Waals surface area contributed by atoms with Crippen LogP contribution >= 0.6 is 22.6 Å². The van der Waals surface area contributed by atoms with Crippen LogP contribution in [-0.4, -0.2) is 4.98 Å². The zero-order chi connectivity index (χ0) is 14.0. The van der Waals surface area contributed by atoms with Crippen LogP contribution in [0.4, 0.5) is 5.69 Å². The van der Waals surface area contributed by atoms with Crippen LogP contribution in [0, 0.1) is 10.5 Å². The first-order chi connectivity index (χ1) is 9.02. The number of rotatable bonds is 3. The third-order valence-corrected chi connectivity index (χ3v) is 3.84. The van der Waals surface area contributed by atoms with Crippen molar-refractivity contribution in [1.82, 2.24) is 4.98 Å². The molecule has 0 atom stereocenters. The highest BCUT2D eigenvalue weighted by atomic mass is 127. The molecule has 0 aliphatic heterocycles. The Hall–Kier alpha value is -1.50. The number of nitrogen functional groups attached to an aromatic ring is 1. The molecule has 1 aromatic heterocycles. The van der Waals surface area contributed by atoms with Crippen molar-refractivity contribution in [3.8, 4) is 11.5 Å². The second-order valence-corrected chi connectivity index (χ2v) is 5.31. The lowest BCUT2D eigenvalue weighted by atomic mass is 10.1. The largest absolute Gasteiger partial charge is 0.456 e. The summed E-state index contributed by atoms with van der Waals surface area (Å²) in [6.45, 7) is 3.91. The van der Waals surface area contributed by atoms with Crippen molar-refractivity contribution >= 4 is 28.3 Å². The number of anilines is 1. The Morgan fingerprint density at radius 2 is 2.16 bits per heavy atom. The summed E-state index contributed by atoms with van der Waals surface area (Å²) >= 11 is 2.01. The molecule has 19 heavy (non-hydrogen) atoms. The monoisotopic (exact) mass is 370 g/mol. The van der Waals surface area contributed by atoms with Gasteiger partial charge in [0.2, 0.25) is 0 Å². The van der Waals surface area contributed by atoms with Crippen molar-refractivity contribution in [2.24, 2.45) is 0 Å². The lowest BCUT2D eigenvalue weighted by molar-refractivity contribution is 0.470. The molecular weight excluding hydrogens is 355 g/mol. The number of H-pyrrole nitrogens is 1. The number of ether oxygens (including phenoxy) is 1. The highest BCUT2D eigenvalue weighted by Gasteiger charge is 2.15. The summed E-state index contributed by atoms with van der Waals surface area (Å²) in [7, 11) is 0. The van der Waals surface area contributed by atoms with Crippen LogP contribution in [0.15, 0.2) is 29.1 Å². The molecule has 2 rings (SSSR count). The van der Waals surface area contributed by atoms with Gasteiger partial charge in [-0.3, -0.25) is 4.79 Å². The predicted molar refractivity (Wildman–Crippen MR) is 84.8 cm³/mol. The normalized spacial score (nSPS) is 10.5. The third-order valence-electron chi connectivity index (χ3n) is 2.86. The van der Waals surface area contributed by atoms with Gasteiger partial charge in [-0.15, -0.1) is 0 Å². The van der Waals surface area contributed by atoms with E-state index in [0.29, 0.717) is 20.8 Å². The van der Waals surface area contributed by atoms with Crippen molar-refractivity contribution in [2.45, 2.75) is 20.3 Å². The standard InChI is InChI=1S/C14H15IN2O2/c1-3-11-8(2)17-14(18)12(15)13(11)19-10-6-4-5-9(16)7-10/h4-7H,3,16H2,1-2H3,(H,17,18). The molecule has 2 aromatic rings. The third kappa shape index (κ3) is 2.91. The fourth-order valence-electron chi connectivity index (χ4n) is 1.93. The van der Waals surface area contributed by atoms with E-state index in [0.717, 1.165) is 17.7 Å². The minimum atomic E-state index is -0.130. The van der Waals surface area contributed by atoms with Gasteiger partial charge in [-0.05, 0) is 48.1 Å². The number of nitrogens with two attached hydrogens (primary N) is 1. The molecule has 0 saturated heterocycles. The van der Waals surface area contributed by atoms with E-state index in [2.05, 4.69) is 4.98 Å². The quantitative estimate of drug-likeness (QED) is 0.644. The molecule has 0 aliphatic rings. The number of halogens is 1. The lowest BCUT2D eigenvalue weighted by Gasteiger charge is -2.14. The molecule has 0 bridgehead atoms. The smallest absolute Gasteiger partial charge is 0.265 e. The first-order valence-electron chi connectivity index (χ1n) is 5.97. The lowest BCUT2D eigenvalue weighted by Crippen LogP contribution is -2.15. The van der Waals surface area contributed by atoms with Gasteiger partial charge in [-0.25, -0.2) is 0 Å². The topological polar surface area (TPSA) is 68.1 Å². The van der Waals surface area contributed by atoms with Gasteiger partial charge in [0.05, 0.1) is 0 Å². The first kappa shape index (κ1) is 13.9. The fourth-order valence-corrected chi connectivity index (χ4v) is 2.50. The number of aryl methyl sites for hydroxylation is 1. The van der Waals surface area contributed by atoms with Gasteiger partial charge in [0, 0.05) is 23.0 Å². The van der Waals surface area contributed by atoms with Crippen molar-refractivity contribution in [2.75, 3.05) is 5.73 Å². The molecule has 1 heterocycles. The maximum Gasteiger partial charge on any atom is 0.265 e. The maximum absolute atomic E-state index is 11.8. The molecule has 0 fully saturated rings. The fraction of sp³-hybridized carbons (Fsp3) is 0.214. The van der Waals surface area contributed by atoms with Gasteiger partial charge in [-0.2, -0.15) is 0 Å². The van der Waals surface area contributed by atoms with Crippen molar-refractivity contribution < 1.29 is 4.74 Å². The van der Waals surface area contributed by atoms with Gasteiger partial charge >= 0.3 is 0 Å². The Balaban J connectivity index is 2.53. The zero-order valence-electron chi connectivity index (χ0n) is 10.8. The van der Waals surface area contributed by atoms with Crippen LogP contribution in [0.5, 0.6) is 11.5 Å². The average molecular weight is 370 g/mol. The molecule has 100 valence electrons. The SMILES string of the molecule is CCc1c(C)[nH]c(=O)c(I)c1Oc1cccc(N)c1. The summed E-state index contributed by atoms with van der Waals surface area (Å²) in [5.41, 5.74) is 8.08. The Morgan fingerprint density at radius 1 is 1.42 bits per heavy atom. The minimum absolute atomic E-state index is 0.130. The minimum Gasteiger partial charge on any atom is -0.456 e. The molecule has 0 radical (unpaired) electrons. The average Bonchev–Trinajstić information content (AvgIpc) is 2.36. The Bertz CT molecular complexity index is 665. The van der Waals surface area contributed by atoms with Crippen LogP contribution in [0.3, 0.4) is 0 Å². The van der Waals surface area contributed by atoms with E-state index in [9.17, 15) is 4.79 Å². The number of aromatic amines is 1. The van der Waals surface area contributed by atoms with Gasteiger partial charge in [0.1, 0.15) is 9.32 Å². The van der Waals surface area contributed by atoms with Crippen molar-refractivity contribution in [1.29, 1.82) is 0 Å². The molecule has 0 spiro atoms. The van der Waals surface area contributed by atoms with Crippen LogP contribution in [0.2, 0.25) is 0 Å². The van der Waals surface area contributed by atoms with Gasteiger partial charge in [0.15, 0.2) is 5.75 Å². The molecule has 5 heteroatoms. The van der Waals surface area contributed by atoms with Crippen LogP contribution in [-0.2, 0) is 6.42 Å². The summed E-state index contributed by atoms with van der Waals surface area (Å²) in [5, 5.41) is 0. The van der Waals surface area contributed by atoms with Gasteiger partial charge in [-0.1, -0.05) is 13.0 Å². The molecule has 0 aliphatic carbocycles. The number of hydrogen-bond acceptors (Lipinski definition) is 3. The van der Waals surface area contributed by atoms with E-state index in [1.54, 1.807) is 12.1 Å². The second-order valence-electron chi connectivity index (χ2n) is 4.23. The van der Waals surface area contributed by atoms with Crippen LogP contribution < -0.4 is 16.0 Å². The molecular formula is C14H15IN2O2. The number of nitrogens with one attached hydrogen (secondary N) is 1. The summed E-state index contributed by atoms with van der Waals surface area (Å²) in [5.74, 6) is 1.26. The Kier molecular flexibility index (Phi) is 4.14. The number of pyridine rings is 1. The molecule has 0 amide bonds. The molecule has 1 aromatic carbocycles. The van der Waals surface area contributed by atoms with E-state index in [1.807, 2.05) is 48.6 Å². The van der Waals surface area contributed by atoms with Crippen molar-refractivity contribution in [3.05, 3.63) is 49.4 Å². The molecule has 0 saturated carbocycles. The zero-order valence-corrected chi connectivity index (χ0v) is 12.9. The van der Waals surface area contributed by atoms with Gasteiger partial charge in [0.25, 0.3) is 5.56 Å². The van der Waals surface area contributed by atoms with E-state index >= 15 is 0 Å². The Labute approximate surface area is 125 Å². The van der Waals surface area contributed by atoms with E-state index in [-0.39, 0.29) is 5.56 Å². The van der Waals surface area contributed by atoms with Crippen LogP contribution in [0.1, 0.15) is 18.2 Å². The first-order valence-corrected chi connectivity index (χ1v) is 7.05. The summed E-state index contributed by atoms with van der Waals surface area (Å²) in [6.07, 6.45) is 0.788. The van der Waals surface area contributed by atoms with Gasteiger partial charge < -0.3 is 15.5 Å². The second kappa shape index (κ2) is 5.64.